The fourth-order valence-corrected chi connectivity index (χ4v) is 2.96. The van der Waals surface area contributed by atoms with E-state index in [9.17, 15) is 8.78 Å². The van der Waals surface area contributed by atoms with Crippen LogP contribution in [0.15, 0.2) is 31.0 Å². The molecule has 0 atom stereocenters. The molecule has 122 valence electrons. The largest absolute Gasteiger partial charge is 0.356 e. The number of rotatable bonds is 4. The van der Waals surface area contributed by atoms with E-state index in [2.05, 4.69) is 24.8 Å². The summed E-state index contributed by atoms with van der Waals surface area (Å²) in [6, 6.07) is 2.25. The molecule has 0 saturated carbocycles. The van der Waals surface area contributed by atoms with Crippen molar-refractivity contribution in [3.05, 3.63) is 48.2 Å². The summed E-state index contributed by atoms with van der Waals surface area (Å²) in [4.78, 5) is 15.9. The average Bonchev–Trinajstić information content (AvgIpc) is 2.59. The lowest BCUT2D eigenvalue weighted by molar-refractivity contribution is 0.198. The number of aromatic nitrogens is 3. The molecule has 2 aromatic rings. The van der Waals surface area contributed by atoms with E-state index in [1.807, 2.05) is 13.1 Å². The first-order valence-corrected chi connectivity index (χ1v) is 7.64. The molecule has 0 bridgehead atoms. The molecule has 1 fully saturated rings. The predicted molar refractivity (Wildman–Crippen MR) is 82.9 cm³/mol. The van der Waals surface area contributed by atoms with Crippen molar-refractivity contribution in [2.75, 3.05) is 25.0 Å². The second-order valence-corrected chi connectivity index (χ2v) is 5.77. The van der Waals surface area contributed by atoms with Crippen LogP contribution in [0.2, 0.25) is 0 Å². The number of hydrogen-bond donors (Lipinski definition) is 0. The fourth-order valence-electron chi connectivity index (χ4n) is 2.96. The molecule has 0 N–H and O–H groups in total. The summed E-state index contributed by atoms with van der Waals surface area (Å²) in [5.74, 6) is -0.264. The number of likely N-dealkylation sites (tertiary alicyclic amines) is 1. The quantitative estimate of drug-likeness (QED) is 0.865. The van der Waals surface area contributed by atoms with Crippen LogP contribution in [-0.4, -0.2) is 46.0 Å². The summed E-state index contributed by atoms with van der Waals surface area (Å²) in [5, 5.41) is 0. The summed E-state index contributed by atoms with van der Waals surface area (Å²) in [5.41, 5.74) is 0.0996. The van der Waals surface area contributed by atoms with E-state index < -0.39 is 11.6 Å². The topological polar surface area (TPSA) is 45.2 Å². The smallest absolute Gasteiger partial charge is 0.148 e. The maximum atomic E-state index is 13.7. The summed E-state index contributed by atoms with van der Waals surface area (Å²) in [7, 11) is 2.02. The zero-order chi connectivity index (χ0) is 16.2. The molecule has 1 saturated heterocycles. The van der Waals surface area contributed by atoms with E-state index in [0.717, 1.165) is 44.1 Å². The molecule has 0 radical (unpaired) electrons. The Morgan fingerprint density at radius 1 is 1.17 bits per heavy atom. The average molecular weight is 319 g/mol. The normalized spacial score (nSPS) is 16.5. The molecule has 0 unspecified atom stereocenters. The molecule has 7 heteroatoms. The molecule has 3 heterocycles. The van der Waals surface area contributed by atoms with E-state index >= 15 is 0 Å². The first-order chi connectivity index (χ1) is 11.1. The number of anilines is 1. The number of piperidine rings is 1. The summed E-state index contributed by atoms with van der Waals surface area (Å²) in [6.45, 7) is 1.87. The van der Waals surface area contributed by atoms with Crippen LogP contribution in [0.3, 0.4) is 0 Å². The SMILES string of the molecule is CN(c1ccncn1)C1CCN(Cc2c(F)cncc2F)CC1. The van der Waals surface area contributed by atoms with Crippen LogP contribution in [0.4, 0.5) is 14.6 Å². The second kappa shape index (κ2) is 6.95. The highest BCUT2D eigenvalue weighted by Crippen LogP contribution is 2.22. The third-order valence-corrected chi connectivity index (χ3v) is 4.37. The molecule has 0 aromatic carbocycles. The molecular formula is C16H19F2N5. The van der Waals surface area contributed by atoms with Gasteiger partial charge in [-0.2, -0.15) is 0 Å². The Bertz CT molecular complexity index is 624. The Morgan fingerprint density at radius 3 is 2.48 bits per heavy atom. The lowest BCUT2D eigenvalue weighted by atomic mass is 10.0. The second-order valence-electron chi connectivity index (χ2n) is 5.77. The van der Waals surface area contributed by atoms with E-state index in [-0.39, 0.29) is 12.1 Å². The monoisotopic (exact) mass is 319 g/mol. The van der Waals surface area contributed by atoms with Crippen LogP contribution in [-0.2, 0) is 6.54 Å². The van der Waals surface area contributed by atoms with Gasteiger partial charge >= 0.3 is 0 Å². The molecule has 0 amide bonds. The molecule has 1 aliphatic heterocycles. The first kappa shape index (κ1) is 15.7. The van der Waals surface area contributed by atoms with Crippen molar-refractivity contribution in [3.63, 3.8) is 0 Å². The number of nitrogens with zero attached hydrogens (tertiary/aromatic N) is 5. The van der Waals surface area contributed by atoms with Gasteiger partial charge in [-0.3, -0.25) is 9.88 Å². The molecule has 5 nitrogen and oxygen atoms in total. The van der Waals surface area contributed by atoms with Crippen LogP contribution < -0.4 is 4.90 Å². The Balaban J connectivity index is 1.58. The van der Waals surface area contributed by atoms with Gasteiger partial charge in [0.25, 0.3) is 0 Å². The van der Waals surface area contributed by atoms with Crippen LogP contribution >= 0.6 is 0 Å². The van der Waals surface area contributed by atoms with Gasteiger partial charge in [0.15, 0.2) is 0 Å². The van der Waals surface area contributed by atoms with Crippen molar-refractivity contribution in [3.8, 4) is 0 Å². The van der Waals surface area contributed by atoms with Crippen molar-refractivity contribution >= 4 is 5.82 Å². The molecule has 0 spiro atoms. The van der Waals surface area contributed by atoms with Crippen LogP contribution in [0.25, 0.3) is 0 Å². The van der Waals surface area contributed by atoms with Crippen molar-refractivity contribution in [1.82, 2.24) is 19.9 Å². The first-order valence-electron chi connectivity index (χ1n) is 7.64. The van der Waals surface area contributed by atoms with Gasteiger partial charge in [-0.1, -0.05) is 0 Å². The fraction of sp³-hybridized carbons (Fsp3) is 0.438. The van der Waals surface area contributed by atoms with Crippen molar-refractivity contribution in [1.29, 1.82) is 0 Å². The van der Waals surface area contributed by atoms with Crippen molar-refractivity contribution < 1.29 is 8.78 Å². The Hall–Kier alpha value is -2.15. The molecule has 1 aliphatic rings. The van der Waals surface area contributed by atoms with E-state index in [0.29, 0.717) is 6.04 Å². The van der Waals surface area contributed by atoms with Gasteiger partial charge in [0.05, 0.1) is 12.4 Å². The van der Waals surface area contributed by atoms with Crippen molar-refractivity contribution in [2.24, 2.45) is 0 Å². The molecule has 0 aliphatic carbocycles. The zero-order valence-electron chi connectivity index (χ0n) is 13.0. The van der Waals surface area contributed by atoms with Crippen LogP contribution in [0, 0.1) is 11.6 Å². The number of hydrogen-bond acceptors (Lipinski definition) is 5. The third-order valence-electron chi connectivity index (χ3n) is 4.37. The Morgan fingerprint density at radius 2 is 1.87 bits per heavy atom. The summed E-state index contributed by atoms with van der Waals surface area (Å²) in [6.07, 6.45) is 7.24. The van der Waals surface area contributed by atoms with Gasteiger partial charge in [0.2, 0.25) is 0 Å². The van der Waals surface area contributed by atoms with Crippen LogP contribution in [0.1, 0.15) is 18.4 Å². The van der Waals surface area contributed by atoms with Crippen LogP contribution in [0.5, 0.6) is 0 Å². The maximum Gasteiger partial charge on any atom is 0.148 e. The highest BCUT2D eigenvalue weighted by atomic mass is 19.1. The maximum absolute atomic E-state index is 13.7. The van der Waals surface area contributed by atoms with Gasteiger partial charge in [0, 0.05) is 44.5 Å². The van der Waals surface area contributed by atoms with E-state index in [4.69, 9.17) is 0 Å². The standard InChI is InChI=1S/C16H19F2N5/c1-22(16-2-5-19-11-21-16)12-3-6-23(7-4-12)10-13-14(17)8-20-9-15(13)18/h2,5,8-9,11-12H,3-4,6-7,10H2,1H3. The lowest BCUT2D eigenvalue weighted by Crippen LogP contribution is -2.43. The Labute approximate surface area is 134 Å². The molecule has 23 heavy (non-hydrogen) atoms. The van der Waals surface area contributed by atoms with Gasteiger partial charge in [0.1, 0.15) is 23.8 Å². The number of pyridine rings is 1. The minimum atomic E-state index is -0.578. The van der Waals surface area contributed by atoms with Gasteiger partial charge < -0.3 is 4.90 Å². The minimum Gasteiger partial charge on any atom is -0.356 e. The Kier molecular flexibility index (Phi) is 4.76. The number of halogens is 2. The van der Waals surface area contributed by atoms with Gasteiger partial charge in [-0.25, -0.2) is 18.7 Å². The molecule has 2 aromatic heterocycles. The zero-order valence-corrected chi connectivity index (χ0v) is 13.0. The summed E-state index contributed by atoms with van der Waals surface area (Å²) >= 11 is 0. The summed E-state index contributed by atoms with van der Waals surface area (Å²) < 4.78 is 27.4. The highest BCUT2D eigenvalue weighted by molar-refractivity contribution is 5.36. The van der Waals surface area contributed by atoms with Crippen molar-refractivity contribution in [2.45, 2.75) is 25.4 Å². The molecule has 3 rings (SSSR count). The minimum absolute atomic E-state index is 0.0996. The third kappa shape index (κ3) is 3.61. The lowest BCUT2D eigenvalue weighted by Gasteiger charge is -2.37. The predicted octanol–water partition coefficient (Wildman–Crippen LogP) is 2.25. The van der Waals surface area contributed by atoms with E-state index in [1.54, 1.807) is 6.20 Å². The van der Waals surface area contributed by atoms with Gasteiger partial charge in [-0.05, 0) is 18.9 Å². The van der Waals surface area contributed by atoms with E-state index in [1.165, 1.54) is 6.33 Å². The van der Waals surface area contributed by atoms with Gasteiger partial charge in [-0.15, -0.1) is 0 Å². The molecular weight excluding hydrogens is 300 g/mol. The highest BCUT2D eigenvalue weighted by Gasteiger charge is 2.24.